The van der Waals surface area contributed by atoms with Gasteiger partial charge in [0.15, 0.2) is 0 Å². The van der Waals surface area contributed by atoms with Crippen LogP contribution in [0, 0.1) is 0 Å². The van der Waals surface area contributed by atoms with E-state index in [1.54, 1.807) is 12.1 Å². The Morgan fingerprint density at radius 2 is 2.27 bits per heavy atom. The van der Waals surface area contributed by atoms with Crippen LogP contribution in [0.25, 0.3) is 0 Å². The third-order valence-electron chi connectivity index (χ3n) is 1.71. The average Bonchev–Trinajstić information content (AvgIpc) is 2.49. The van der Waals surface area contributed by atoms with E-state index in [9.17, 15) is 9.59 Å². The van der Waals surface area contributed by atoms with E-state index in [1.165, 1.54) is 18.3 Å². The lowest BCUT2D eigenvalue weighted by Crippen LogP contribution is -2.40. The molecule has 0 aliphatic rings. The van der Waals surface area contributed by atoms with Crippen molar-refractivity contribution in [2.45, 2.75) is 19.4 Å². The van der Waals surface area contributed by atoms with Crippen LogP contribution in [-0.2, 0) is 16.0 Å². The molecule has 0 aliphatic heterocycles. The topological polar surface area (TPSA) is 66.4 Å². The first kappa shape index (κ1) is 12.0. The minimum Gasteiger partial charge on any atom is -0.480 e. The molecule has 0 aliphatic carbocycles. The van der Waals surface area contributed by atoms with E-state index in [-0.39, 0.29) is 12.3 Å². The molecule has 6 heteroatoms. The van der Waals surface area contributed by atoms with Crippen LogP contribution in [0.3, 0.4) is 0 Å². The largest absolute Gasteiger partial charge is 0.480 e. The number of halogens is 1. The van der Waals surface area contributed by atoms with Gasteiger partial charge in [0.05, 0.1) is 4.34 Å². The highest BCUT2D eigenvalue weighted by Gasteiger charge is 2.19. The molecule has 0 radical (unpaired) electrons. The van der Waals surface area contributed by atoms with E-state index in [2.05, 4.69) is 5.32 Å². The Bertz CT molecular complexity index is 377. The summed E-state index contributed by atoms with van der Waals surface area (Å²) in [4.78, 5) is 22.4. The summed E-state index contributed by atoms with van der Waals surface area (Å²) in [5.41, 5.74) is 0. The molecule has 1 unspecified atom stereocenters. The molecule has 1 rings (SSSR count). The lowest BCUT2D eigenvalue weighted by Gasteiger charge is -2.11. The van der Waals surface area contributed by atoms with Gasteiger partial charge in [-0.25, -0.2) is 4.79 Å². The minimum absolute atomic E-state index is 0.256. The molecule has 82 valence electrons. The second-order valence-electron chi connectivity index (χ2n) is 3.00. The van der Waals surface area contributed by atoms with Gasteiger partial charge in [-0.1, -0.05) is 11.6 Å². The number of rotatable bonds is 4. The molecule has 1 aromatic heterocycles. The normalized spacial score (nSPS) is 12.1. The second kappa shape index (κ2) is 5.14. The van der Waals surface area contributed by atoms with Gasteiger partial charge in [0.25, 0.3) is 0 Å². The maximum absolute atomic E-state index is 10.8. The zero-order chi connectivity index (χ0) is 11.4. The Morgan fingerprint density at radius 3 is 2.67 bits per heavy atom. The van der Waals surface area contributed by atoms with Crippen LogP contribution >= 0.6 is 22.9 Å². The number of carboxylic acids is 1. The fourth-order valence-corrected chi connectivity index (χ4v) is 2.24. The molecule has 1 amide bonds. The van der Waals surface area contributed by atoms with Gasteiger partial charge in [-0.3, -0.25) is 4.79 Å². The predicted molar refractivity (Wildman–Crippen MR) is 58.3 cm³/mol. The van der Waals surface area contributed by atoms with Gasteiger partial charge in [-0.2, -0.15) is 0 Å². The third kappa shape index (κ3) is 3.89. The van der Waals surface area contributed by atoms with Crippen LogP contribution in [0.1, 0.15) is 11.8 Å². The maximum atomic E-state index is 10.8. The van der Waals surface area contributed by atoms with Crippen molar-refractivity contribution in [1.82, 2.24) is 5.32 Å². The molecule has 0 aromatic carbocycles. The molecule has 4 nitrogen and oxygen atoms in total. The van der Waals surface area contributed by atoms with E-state index in [4.69, 9.17) is 16.7 Å². The van der Waals surface area contributed by atoms with Crippen molar-refractivity contribution in [2.24, 2.45) is 0 Å². The molecule has 1 heterocycles. The zero-order valence-electron chi connectivity index (χ0n) is 7.99. The first-order chi connectivity index (χ1) is 6.99. The molecule has 0 fully saturated rings. The maximum Gasteiger partial charge on any atom is 0.326 e. The highest BCUT2D eigenvalue weighted by molar-refractivity contribution is 7.16. The molecular formula is C9H10ClNO3S. The van der Waals surface area contributed by atoms with E-state index < -0.39 is 12.0 Å². The SMILES string of the molecule is CC(=O)NC(Cc1ccc(Cl)s1)C(=O)O. The van der Waals surface area contributed by atoms with Gasteiger partial charge < -0.3 is 10.4 Å². The van der Waals surface area contributed by atoms with Crippen LogP contribution in [0.4, 0.5) is 0 Å². The summed E-state index contributed by atoms with van der Waals surface area (Å²) in [6, 6.07) is 2.57. The molecular weight excluding hydrogens is 238 g/mol. The molecule has 2 N–H and O–H groups in total. The van der Waals surface area contributed by atoms with Crippen molar-refractivity contribution in [3.63, 3.8) is 0 Å². The molecule has 0 bridgehead atoms. The molecule has 1 aromatic rings. The van der Waals surface area contributed by atoms with Gasteiger partial charge in [0.2, 0.25) is 5.91 Å². The summed E-state index contributed by atoms with van der Waals surface area (Å²) < 4.78 is 0.608. The second-order valence-corrected chi connectivity index (χ2v) is 4.80. The quantitative estimate of drug-likeness (QED) is 0.848. The van der Waals surface area contributed by atoms with Gasteiger partial charge in [0, 0.05) is 18.2 Å². The fourth-order valence-electron chi connectivity index (χ4n) is 1.11. The van der Waals surface area contributed by atoms with E-state index >= 15 is 0 Å². The molecule has 1 atom stereocenters. The standard InChI is InChI=1S/C9H10ClNO3S/c1-5(12)11-7(9(13)14)4-6-2-3-8(10)15-6/h2-3,7H,4H2,1H3,(H,11,12)(H,13,14). The summed E-state index contributed by atoms with van der Waals surface area (Å²) in [7, 11) is 0. The average molecular weight is 248 g/mol. The number of nitrogens with one attached hydrogen (secondary N) is 1. The lowest BCUT2D eigenvalue weighted by molar-refractivity contribution is -0.141. The summed E-state index contributed by atoms with van der Waals surface area (Å²) in [6.45, 7) is 1.29. The number of carbonyl (C=O) groups is 2. The Hall–Kier alpha value is -1.07. The van der Waals surface area contributed by atoms with Gasteiger partial charge >= 0.3 is 5.97 Å². The van der Waals surface area contributed by atoms with Gasteiger partial charge in [0.1, 0.15) is 6.04 Å². The summed E-state index contributed by atoms with van der Waals surface area (Å²) >= 11 is 7.02. The van der Waals surface area contributed by atoms with E-state index in [0.29, 0.717) is 4.34 Å². The predicted octanol–water partition coefficient (Wildman–Crippen LogP) is 1.53. The number of carbonyl (C=O) groups excluding carboxylic acids is 1. The first-order valence-electron chi connectivity index (χ1n) is 4.23. The first-order valence-corrected chi connectivity index (χ1v) is 5.42. The monoisotopic (exact) mass is 247 g/mol. The summed E-state index contributed by atoms with van der Waals surface area (Å²) in [6.07, 6.45) is 0.256. The van der Waals surface area contributed by atoms with Crippen molar-refractivity contribution < 1.29 is 14.7 Å². The third-order valence-corrected chi connectivity index (χ3v) is 2.96. The molecule has 15 heavy (non-hydrogen) atoms. The highest BCUT2D eigenvalue weighted by Crippen LogP contribution is 2.22. The number of thiophene rings is 1. The lowest BCUT2D eigenvalue weighted by atomic mass is 10.2. The van der Waals surface area contributed by atoms with Crippen LogP contribution in [0.5, 0.6) is 0 Å². The zero-order valence-corrected chi connectivity index (χ0v) is 9.56. The molecule has 0 saturated heterocycles. The number of hydrogen-bond donors (Lipinski definition) is 2. The summed E-state index contributed by atoms with van der Waals surface area (Å²) in [5, 5.41) is 11.2. The fraction of sp³-hybridized carbons (Fsp3) is 0.333. The molecule has 0 saturated carbocycles. The highest BCUT2D eigenvalue weighted by atomic mass is 35.5. The van der Waals surface area contributed by atoms with E-state index in [0.717, 1.165) is 4.88 Å². The van der Waals surface area contributed by atoms with Gasteiger partial charge in [-0.15, -0.1) is 11.3 Å². The Labute approximate surface area is 95.9 Å². The van der Waals surface area contributed by atoms with Crippen molar-refractivity contribution >= 4 is 34.8 Å². The Morgan fingerprint density at radius 1 is 1.60 bits per heavy atom. The van der Waals surface area contributed by atoms with Crippen molar-refractivity contribution in [3.8, 4) is 0 Å². The number of carboxylic acid groups (broad SMARTS) is 1. The van der Waals surface area contributed by atoms with Crippen LogP contribution in [0.2, 0.25) is 4.34 Å². The van der Waals surface area contributed by atoms with Crippen LogP contribution < -0.4 is 5.32 Å². The number of aliphatic carboxylic acids is 1. The minimum atomic E-state index is -1.05. The molecule has 0 spiro atoms. The van der Waals surface area contributed by atoms with Crippen LogP contribution in [-0.4, -0.2) is 23.0 Å². The smallest absolute Gasteiger partial charge is 0.326 e. The Balaban J connectivity index is 2.66. The van der Waals surface area contributed by atoms with Crippen molar-refractivity contribution in [3.05, 3.63) is 21.3 Å². The summed E-state index contributed by atoms with van der Waals surface area (Å²) in [5.74, 6) is -1.40. The Kier molecular flexibility index (Phi) is 4.11. The van der Waals surface area contributed by atoms with Gasteiger partial charge in [-0.05, 0) is 12.1 Å². The van der Waals surface area contributed by atoms with E-state index in [1.807, 2.05) is 0 Å². The van der Waals surface area contributed by atoms with Crippen LogP contribution in [0.15, 0.2) is 12.1 Å². The number of hydrogen-bond acceptors (Lipinski definition) is 3. The van der Waals surface area contributed by atoms with Crippen molar-refractivity contribution in [1.29, 1.82) is 0 Å². The van der Waals surface area contributed by atoms with Crippen molar-refractivity contribution in [2.75, 3.05) is 0 Å². The number of amides is 1.